The Morgan fingerprint density at radius 3 is 2.53 bits per heavy atom. The summed E-state index contributed by atoms with van der Waals surface area (Å²) in [5.74, 6) is -0.583. The van der Waals surface area contributed by atoms with Crippen LogP contribution in [0.1, 0.15) is 30.6 Å². The normalized spacial score (nSPS) is 11.8. The van der Waals surface area contributed by atoms with Gasteiger partial charge in [0.1, 0.15) is 0 Å². The van der Waals surface area contributed by atoms with Crippen LogP contribution in [0.2, 0.25) is 10.0 Å². The molecule has 0 heterocycles. The Hall–Kier alpha value is -1.26. The summed E-state index contributed by atoms with van der Waals surface area (Å²) in [6.07, 6.45) is 0.840. The average molecular weight is 303 g/mol. The van der Waals surface area contributed by atoms with Gasteiger partial charge in [0.05, 0.1) is 16.6 Å². The van der Waals surface area contributed by atoms with Crippen LogP contribution in [0.4, 0.5) is 0 Å². The lowest BCUT2D eigenvalue weighted by Crippen LogP contribution is -2.40. The minimum atomic E-state index is -0.363. The van der Waals surface area contributed by atoms with Gasteiger partial charge in [0.25, 0.3) is 5.91 Å². The molecule has 0 radical (unpaired) electrons. The fraction of sp³-hybridized carbons (Fsp3) is 0.385. The lowest BCUT2D eigenvalue weighted by molar-refractivity contribution is -0.120. The van der Waals surface area contributed by atoms with Crippen LogP contribution in [-0.4, -0.2) is 24.4 Å². The molecule has 1 atom stereocenters. The minimum absolute atomic E-state index is 0.0661. The molecule has 0 spiro atoms. The number of carbonyl (C=O) groups is 2. The van der Waals surface area contributed by atoms with Crippen LogP contribution in [0.3, 0.4) is 0 Å². The van der Waals surface area contributed by atoms with Crippen LogP contribution >= 0.6 is 23.2 Å². The van der Waals surface area contributed by atoms with E-state index in [2.05, 4.69) is 10.6 Å². The number of nitrogens with one attached hydrogen (secondary N) is 2. The molecule has 0 fully saturated rings. The van der Waals surface area contributed by atoms with Crippen molar-refractivity contribution in [3.8, 4) is 0 Å². The van der Waals surface area contributed by atoms with Crippen LogP contribution < -0.4 is 10.6 Å². The lowest BCUT2D eigenvalue weighted by atomic mass is 10.2. The number of hydrogen-bond acceptors (Lipinski definition) is 2. The molecule has 0 bridgehead atoms. The standard InChI is InChI=1S/C13H16Cl2N2O2/c1-3-8(2)17-12(18)7-16-13(19)9-4-5-10(14)11(15)6-9/h4-6,8H,3,7H2,1-2H3,(H,16,19)(H,17,18)/t8-/m0/s1. The highest BCUT2D eigenvalue weighted by molar-refractivity contribution is 6.42. The average Bonchev–Trinajstić information content (AvgIpc) is 2.39. The van der Waals surface area contributed by atoms with Gasteiger partial charge in [-0.15, -0.1) is 0 Å². The fourth-order valence-corrected chi connectivity index (χ4v) is 1.63. The van der Waals surface area contributed by atoms with Crippen molar-refractivity contribution in [3.63, 3.8) is 0 Å². The van der Waals surface area contributed by atoms with E-state index in [1.54, 1.807) is 6.07 Å². The SMILES string of the molecule is CC[C@H](C)NC(=O)CNC(=O)c1ccc(Cl)c(Cl)c1. The Morgan fingerprint density at radius 1 is 1.26 bits per heavy atom. The second-order valence-corrected chi connectivity index (χ2v) is 5.00. The predicted molar refractivity (Wildman–Crippen MR) is 76.7 cm³/mol. The van der Waals surface area contributed by atoms with E-state index in [-0.39, 0.29) is 24.4 Å². The van der Waals surface area contributed by atoms with Crippen LogP contribution in [-0.2, 0) is 4.79 Å². The van der Waals surface area contributed by atoms with Crippen molar-refractivity contribution in [2.24, 2.45) is 0 Å². The second-order valence-electron chi connectivity index (χ2n) is 4.19. The third-order valence-corrected chi connectivity index (χ3v) is 3.35. The summed E-state index contributed by atoms with van der Waals surface area (Å²) in [7, 11) is 0. The molecule has 1 aromatic rings. The molecule has 6 heteroatoms. The van der Waals surface area contributed by atoms with E-state index in [9.17, 15) is 9.59 Å². The van der Waals surface area contributed by atoms with Gasteiger partial charge in [-0.2, -0.15) is 0 Å². The van der Waals surface area contributed by atoms with Crippen LogP contribution in [0.15, 0.2) is 18.2 Å². The highest BCUT2D eigenvalue weighted by Crippen LogP contribution is 2.22. The number of hydrogen-bond donors (Lipinski definition) is 2. The van der Waals surface area contributed by atoms with E-state index in [1.807, 2.05) is 13.8 Å². The van der Waals surface area contributed by atoms with Gasteiger partial charge in [-0.1, -0.05) is 30.1 Å². The number of amides is 2. The molecule has 2 amide bonds. The first-order valence-electron chi connectivity index (χ1n) is 5.96. The summed E-state index contributed by atoms with van der Waals surface area (Å²) in [5, 5.41) is 5.96. The molecule has 1 rings (SSSR count). The maximum atomic E-state index is 11.8. The summed E-state index contributed by atoms with van der Waals surface area (Å²) in [6, 6.07) is 4.65. The Kier molecular flexibility index (Phi) is 6.12. The molecule has 2 N–H and O–H groups in total. The van der Waals surface area contributed by atoms with Crippen LogP contribution in [0, 0.1) is 0 Å². The van der Waals surface area contributed by atoms with Crippen molar-refractivity contribution in [2.45, 2.75) is 26.3 Å². The first kappa shape index (κ1) is 15.8. The molecule has 1 aromatic carbocycles. The molecule has 0 saturated heterocycles. The zero-order chi connectivity index (χ0) is 14.4. The molecular weight excluding hydrogens is 287 g/mol. The van der Waals surface area contributed by atoms with Crippen molar-refractivity contribution in [3.05, 3.63) is 33.8 Å². The summed E-state index contributed by atoms with van der Waals surface area (Å²) < 4.78 is 0. The predicted octanol–water partition coefficient (Wildman–Crippen LogP) is 2.64. The Balaban J connectivity index is 2.51. The molecule has 0 aliphatic carbocycles. The van der Waals surface area contributed by atoms with Crippen molar-refractivity contribution in [2.75, 3.05) is 6.54 Å². The number of carbonyl (C=O) groups excluding carboxylic acids is 2. The highest BCUT2D eigenvalue weighted by Gasteiger charge is 2.10. The molecule has 104 valence electrons. The largest absolute Gasteiger partial charge is 0.352 e. The van der Waals surface area contributed by atoms with Gasteiger partial charge in [-0.25, -0.2) is 0 Å². The molecule has 0 aliphatic heterocycles. The van der Waals surface area contributed by atoms with Gasteiger partial charge in [-0.05, 0) is 31.5 Å². The monoisotopic (exact) mass is 302 g/mol. The van der Waals surface area contributed by atoms with Gasteiger partial charge in [0, 0.05) is 11.6 Å². The van der Waals surface area contributed by atoms with Crippen molar-refractivity contribution >= 4 is 35.0 Å². The summed E-state index contributed by atoms with van der Waals surface area (Å²) in [5.41, 5.74) is 0.366. The second kappa shape index (κ2) is 7.36. The van der Waals surface area contributed by atoms with E-state index in [0.717, 1.165) is 6.42 Å². The van der Waals surface area contributed by atoms with E-state index in [1.165, 1.54) is 12.1 Å². The van der Waals surface area contributed by atoms with Crippen molar-refractivity contribution < 1.29 is 9.59 Å². The molecule has 4 nitrogen and oxygen atoms in total. The first-order valence-corrected chi connectivity index (χ1v) is 6.72. The Bertz CT molecular complexity index is 478. The minimum Gasteiger partial charge on any atom is -0.352 e. The van der Waals surface area contributed by atoms with Gasteiger partial charge < -0.3 is 10.6 Å². The molecule has 0 unspecified atom stereocenters. The maximum Gasteiger partial charge on any atom is 0.251 e. The first-order chi connectivity index (χ1) is 8.93. The van der Waals surface area contributed by atoms with Crippen LogP contribution in [0.5, 0.6) is 0 Å². The molecule has 19 heavy (non-hydrogen) atoms. The van der Waals surface area contributed by atoms with Gasteiger partial charge in [0.2, 0.25) is 5.91 Å². The number of rotatable bonds is 5. The number of halogens is 2. The van der Waals surface area contributed by atoms with E-state index in [0.29, 0.717) is 15.6 Å². The number of benzene rings is 1. The summed E-state index contributed by atoms with van der Waals surface area (Å²) in [4.78, 5) is 23.3. The highest BCUT2D eigenvalue weighted by atomic mass is 35.5. The smallest absolute Gasteiger partial charge is 0.251 e. The summed E-state index contributed by atoms with van der Waals surface area (Å²) in [6.45, 7) is 3.81. The Labute approximate surface area is 122 Å². The van der Waals surface area contributed by atoms with Gasteiger partial charge in [-0.3, -0.25) is 9.59 Å². The van der Waals surface area contributed by atoms with Gasteiger partial charge in [0.15, 0.2) is 0 Å². The van der Waals surface area contributed by atoms with E-state index in [4.69, 9.17) is 23.2 Å². The molecular formula is C13H16Cl2N2O2. The van der Waals surface area contributed by atoms with E-state index >= 15 is 0 Å². The zero-order valence-electron chi connectivity index (χ0n) is 10.8. The Morgan fingerprint density at radius 2 is 1.95 bits per heavy atom. The van der Waals surface area contributed by atoms with E-state index < -0.39 is 0 Å². The molecule has 0 aromatic heterocycles. The fourth-order valence-electron chi connectivity index (χ4n) is 1.33. The maximum absolute atomic E-state index is 11.8. The topological polar surface area (TPSA) is 58.2 Å². The van der Waals surface area contributed by atoms with Gasteiger partial charge >= 0.3 is 0 Å². The molecule has 0 aliphatic rings. The third-order valence-electron chi connectivity index (χ3n) is 2.61. The lowest BCUT2D eigenvalue weighted by Gasteiger charge is -2.12. The van der Waals surface area contributed by atoms with Crippen molar-refractivity contribution in [1.82, 2.24) is 10.6 Å². The third kappa shape index (κ3) is 5.09. The van der Waals surface area contributed by atoms with Crippen LogP contribution in [0.25, 0.3) is 0 Å². The zero-order valence-corrected chi connectivity index (χ0v) is 12.3. The van der Waals surface area contributed by atoms with Crippen molar-refractivity contribution in [1.29, 1.82) is 0 Å². The molecule has 0 saturated carbocycles. The quantitative estimate of drug-likeness (QED) is 0.878. The summed E-state index contributed by atoms with van der Waals surface area (Å²) >= 11 is 11.6.